The van der Waals surface area contributed by atoms with Gasteiger partial charge in [0.25, 0.3) is 0 Å². The fourth-order valence-corrected chi connectivity index (χ4v) is 5.25. The van der Waals surface area contributed by atoms with Gasteiger partial charge in [-0.25, -0.2) is 0 Å². The van der Waals surface area contributed by atoms with E-state index in [1.165, 1.54) is 44.1 Å². The zero-order valence-electron chi connectivity index (χ0n) is 12.1. The smallest absolute Gasteiger partial charge is 0.0326 e. The van der Waals surface area contributed by atoms with Gasteiger partial charge in [0.1, 0.15) is 0 Å². The fourth-order valence-electron chi connectivity index (χ4n) is 5.25. The van der Waals surface area contributed by atoms with E-state index >= 15 is 0 Å². The average Bonchev–Trinajstić information content (AvgIpc) is 2.44. The van der Waals surface area contributed by atoms with Crippen LogP contribution in [0.1, 0.15) is 49.7 Å². The lowest BCUT2D eigenvalue weighted by molar-refractivity contribution is -0.0181. The number of benzene rings is 1. The van der Waals surface area contributed by atoms with E-state index in [1.54, 1.807) is 0 Å². The first kappa shape index (κ1) is 12.3. The molecular formula is C20H22. The van der Waals surface area contributed by atoms with Gasteiger partial charge in [-0.3, -0.25) is 0 Å². The van der Waals surface area contributed by atoms with Crippen LogP contribution in [0.2, 0.25) is 0 Å². The van der Waals surface area contributed by atoms with Crippen LogP contribution in [-0.2, 0) is 0 Å². The second-order valence-electron chi connectivity index (χ2n) is 7.24. The first-order valence-corrected chi connectivity index (χ1v) is 8.01. The predicted octanol–water partition coefficient (Wildman–Crippen LogP) is 4.90. The molecule has 4 aliphatic carbocycles. The Labute approximate surface area is 122 Å². The summed E-state index contributed by atoms with van der Waals surface area (Å²) in [7, 11) is 0. The van der Waals surface area contributed by atoms with Crippen LogP contribution in [0.4, 0.5) is 0 Å². The van der Waals surface area contributed by atoms with E-state index in [9.17, 15) is 0 Å². The van der Waals surface area contributed by atoms with Crippen LogP contribution in [0.3, 0.4) is 0 Å². The molecule has 5 rings (SSSR count). The molecule has 0 radical (unpaired) electrons. The van der Waals surface area contributed by atoms with Crippen LogP contribution in [0.25, 0.3) is 6.08 Å². The van der Waals surface area contributed by atoms with Gasteiger partial charge in [0.2, 0.25) is 0 Å². The maximum absolute atomic E-state index is 3.90. The van der Waals surface area contributed by atoms with Crippen LogP contribution in [0, 0.1) is 35.0 Å². The van der Waals surface area contributed by atoms with Crippen LogP contribution in [-0.4, -0.2) is 0 Å². The molecule has 0 aliphatic heterocycles. The molecule has 0 saturated heterocycles. The van der Waals surface area contributed by atoms with Gasteiger partial charge in [0.05, 0.1) is 0 Å². The molecule has 0 nitrogen and oxygen atoms in total. The Bertz CT molecular complexity index is 561. The third-order valence-electron chi connectivity index (χ3n) is 5.68. The molecule has 102 valence electrons. The molecule has 1 aromatic rings. The molecule has 4 fully saturated rings. The highest BCUT2D eigenvalue weighted by Gasteiger charge is 2.50. The summed E-state index contributed by atoms with van der Waals surface area (Å²) in [6.07, 6.45) is 10.5. The van der Waals surface area contributed by atoms with Crippen molar-refractivity contribution in [2.45, 2.75) is 38.5 Å². The van der Waals surface area contributed by atoms with Crippen LogP contribution in [0.5, 0.6) is 0 Å². The molecule has 0 unspecified atom stereocenters. The first-order valence-electron chi connectivity index (χ1n) is 8.01. The van der Waals surface area contributed by atoms with E-state index < -0.39 is 0 Å². The molecule has 0 N–H and O–H groups in total. The predicted molar refractivity (Wildman–Crippen MR) is 84.0 cm³/mol. The Morgan fingerprint density at radius 2 is 1.60 bits per heavy atom. The molecule has 0 aromatic heterocycles. The summed E-state index contributed by atoms with van der Waals surface area (Å²) in [5, 5.41) is 0. The van der Waals surface area contributed by atoms with Gasteiger partial charge in [-0.15, -0.1) is 0 Å². The highest BCUT2D eigenvalue weighted by atomic mass is 14.5. The van der Waals surface area contributed by atoms with E-state index in [4.69, 9.17) is 0 Å². The number of hydrogen-bond donors (Lipinski definition) is 0. The molecule has 4 bridgehead atoms. The average molecular weight is 262 g/mol. The normalized spacial score (nSPS) is 37.3. The van der Waals surface area contributed by atoms with Crippen molar-refractivity contribution in [1.82, 2.24) is 0 Å². The van der Waals surface area contributed by atoms with E-state index in [-0.39, 0.29) is 0 Å². The van der Waals surface area contributed by atoms with Gasteiger partial charge >= 0.3 is 0 Å². The highest BCUT2D eigenvalue weighted by Crippen LogP contribution is 2.59. The Balaban J connectivity index is 1.66. The standard InChI is InChI=1S/C20H22/c1-2-18-5-3-4-6-19(18)7-8-20-12-15-9-16(13-20)11-17(10-15)14-20/h2-6,15-17H,1,9-14H2. The topological polar surface area (TPSA) is 0 Å². The summed E-state index contributed by atoms with van der Waals surface area (Å²) in [6.45, 7) is 3.90. The quantitative estimate of drug-likeness (QED) is 0.632. The van der Waals surface area contributed by atoms with E-state index in [1.807, 2.05) is 6.08 Å². The van der Waals surface area contributed by atoms with E-state index in [0.717, 1.165) is 23.3 Å². The second-order valence-corrected chi connectivity index (χ2v) is 7.24. The fraction of sp³-hybridized carbons (Fsp3) is 0.500. The minimum atomic E-state index is 0.350. The monoisotopic (exact) mass is 262 g/mol. The SMILES string of the molecule is C=Cc1ccccc1C#CC12CC3CC(CC(C3)C1)C2. The van der Waals surface area contributed by atoms with E-state index in [0.29, 0.717) is 5.41 Å². The van der Waals surface area contributed by atoms with Crippen LogP contribution in [0.15, 0.2) is 30.8 Å². The van der Waals surface area contributed by atoms with Gasteiger partial charge in [-0.1, -0.05) is 42.7 Å². The molecule has 0 heteroatoms. The van der Waals surface area contributed by atoms with E-state index in [2.05, 4.69) is 42.7 Å². The summed E-state index contributed by atoms with van der Waals surface area (Å²) in [5.74, 6) is 10.2. The largest absolute Gasteiger partial charge is 0.0984 e. The van der Waals surface area contributed by atoms with Crippen molar-refractivity contribution in [3.8, 4) is 11.8 Å². The lowest BCUT2D eigenvalue weighted by Crippen LogP contribution is -2.45. The lowest BCUT2D eigenvalue weighted by atomic mass is 9.50. The Morgan fingerprint density at radius 1 is 1.00 bits per heavy atom. The molecule has 4 saturated carbocycles. The first-order chi connectivity index (χ1) is 9.76. The zero-order valence-corrected chi connectivity index (χ0v) is 12.1. The summed E-state index contributed by atoms with van der Waals surface area (Å²) >= 11 is 0. The van der Waals surface area contributed by atoms with Crippen molar-refractivity contribution in [3.63, 3.8) is 0 Å². The van der Waals surface area contributed by atoms with Crippen molar-refractivity contribution < 1.29 is 0 Å². The molecular weight excluding hydrogens is 240 g/mol. The lowest BCUT2D eigenvalue weighted by Gasteiger charge is -2.54. The molecule has 0 amide bonds. The molecule has 0 atom stereocenters. The minimum Gasteiger partial charge on any atom is -0.0984 e. The second kappa shape index (κ2) is 4.52. The molecule has 0 heterocycles. The zero-order chi connectivity index (χ0) is 13.6. The van der Waals surface area contributed by atoms with Gasteiger partial charge in [-0.2, -0.15) is 0 Å². The Morgan fingerprint density at radius 3 is 2.20 bits per heavy atom. The third-order valence-corrected chi connectivity index (χ3v) is 5.68. The third kappa shape index (κ3) is 2.01. The van der Waals surface area contributed by atoms with Gasteiger partial charge in [-0.05, 0) is 67.9 Å². The van der Waals surface area contributed by atoms with Crippen molar-refractivity contribution in [1.29, 1.82) is 0 Å². The Kier molecular flexibility index (Phi) is 2.77. The van der Waals surface area contributed by atoms with Crippen molar-refractivity contribution >= 4 is 6.08 Å². The maximum Gasteiger partial charge on any atom is 0.0326 e. The summed E-state index contributed by atoms with van der Waals surface area (Å²) in [4.78, 5) is 0. The van der Waals surface area contributed by atoms with Crippen LogP contribution < -0.4 is 0 Å². The van der Waals surface area contributed by atoms with Crippen molar-refractivity contribution in [3.05, 3.63) is 42.0 Å². The Hall–Kier alpha value is -1.48. The number of rotatable bonds is 1. The highest BCUT2D eigenvalue weighted by molar-refractivity contribution is 5.57. The van der Waals surface area contributed by atoms with Crippen LogP contribution >= 0.6 is 0 Å². The van der Waals surface area contributed by atoms with Gasteiger partial charge in [0, 0.05) is 11.0 Å². The minimum absolute atomic E-state index is 0.350. The molecule has 20 heavy (non-hydrogen) atoms. The molecule has 0 spiro atoms. The van der Waals surface area contributed by atoms with Crippen molar-refractivity contribution in [2.24, 2.45) is 23.2 Å². The summed E-state index contributed by atoms with van der Waals surface area (Å²) in [5.41, 5.74) is 2.67. The van der Waals surface area contributed by atoms with Gasteiger partial charge in [0.15, 0.2) is 0 Å². The van der Waals surface area contributed by atoms with Gasteiger partial charge < -0.3 is 0 Å². The van der Waals surface area contributed by atoms with Crippen molar-refractivity contribution in [2.75, 3.05) is 0 Å². The maximum atomic E-state index is 3.90. The molecule has 1 aromatic carbocycles. The number of hydrogen-bond acceptors (Lipinski definition) is 0. The summed E-state index contributed by atoms with van der Waals surface area (Å²) < 4.78 is 0. The molecule has 4 aliphatic rings. The summed E-state index contributed by atoms with van der Waals surface area (Å²) in [6, 6.07) is 8.38.